The Hall–Kier alpha value is -1.82. The SMILES string of the molecule is CCC(N)C(C)c1nc(-c2ccnc(C)n2)no1. The van der Waals surface area contributed by atoms with E-state index in [0.29, 0.717) is 23.2 Å². The summed E-state index contributed by atoms with van der Waals surface area (Å²) < 4.78 is 5.24. The average Bonchev–Trinajstić information content (AvgIpc) is 2.86. The summed E-state index contributed by atoms with van der Waals surface area (Å²) in [6, 6.07) is 1.77. The largest absolute Gasteiger partial charge is 0.339 e. The van der Waals surface area contributed by atoms with Crippen LogP contribution in [0.1, 0.15) is 37.9 Å². The van der Waals surface area contributed by atoms with Crippen LogP contribution in [0.2, 0.25) is 0 Å². The molecule has 0 amide bonds. The van der Waals surface area contributed by atoms with Gasteiger partial charge in [-0.25, -0.2) is 9.97 Å². The van der Waals surface area contributed by atoms with Gasteiger partial charge in [-0.15, -0.1) is 0 Å². The van der Waals surface area contributed by atoms with Crippen LogP contribution < -0.4 is 5.73 Å². The van der Waals surface area contributed by atoms with Crippen LogP contribution in [0.3, 0.4) is 0 Å². The second-order valence-electron chi connectivity index (χ2n) is 4.31. The van der Waals surface area contributed by atoms with Gasteiger partial charge in [-0.1, -0.05) is 19.0 Å². The van der Waals surface area contributed by atoms with E-state index in [1.54, 1.807) is 12.3 Å². The van der Waals surface area contributed by atoms with Crippen LogP contribution in [0.15, 0.2) is 16.8 Å². The number of rotatable bonds is 4. The van der Waals surface area contributed by atoms with E-state index >= 15 is 0 Å². The van der Waals surface area contributed by atoms with Gasteiger partial charge in [0.2, 0.25) is 11.7 Å². The smallest absolute Gasteiger partial charge is 0.231 e. The van der Waals surface area contributed by atoms with Gasteiger partial charge in [-0.2, -0.15) is 4.98 Å². The topological polar surface area (TPSA) is 90.7 Å². The maximum Gasteiger partial charge on any atom is 0.231 e. The molecule has 96 valence electrons. The number of aromatic nitrogens is 4. The van der Waals surface area contributed by atoms with Gasteiger partial charge in [0.05, 0.1) is 5.92 Å². The number of nitrogens with zero attached hydrogens (tertiary/aromatic N) is 4. The maximum atomic E-state index is 5.97. The number of hydrogen-bond donors (Lipinski definition) is 1. The van der Waals surface area contributed by atoms with Crippen molar-refractivity contribution in [2.24, 2.45) is 5.73 Å². The molecule has 6 heteroatoms. The molecule has 0 aliphatic rings. The Morgan fingerprint density at radius 3 is 2.83 bits per heavy atom. The third-order valence-electron chi connectivity index (χ3n) is 2.95. The van der Waals surface area contributed by atoms with Gasteiger partial charge in [0, 0.05) is 12.2 Å². The van der Waals surface area contributed by atoms with Crippen LogP contribution in [0.5, 0.6) is 0 Å². The quantitative estimate of drug-likeness (QED) is 0.883. The first-order valence-corrected chi connectivity index (χ1v) is 6.01. The number of nitrogens with two attached hydrogens (primary N) is 1. The van der Waals surface area contributed by atoms with Crippen LogP contribution in [-0.2, 0) is 0 Å². The van der Waals surface area contributed by atoms with Crippen molar-refractivity contribution < 1.29 is 4.52 Å². The van der Waals surface area contributed by atoms with Crippen molar-refractivity contribution in [3.8, 4) is 11.5 Å². The van der Waals surface area contributed by atoms with Crippen LogP contribution in [-0.4, -0.2) is 26.2 Å². The molecule has 0 aromatic carbocycles. The maximum absolute atomic E-state index is 5.97. The van der Waals surface area contributed by atoms with Crippen molar-refractivity contribution in [2.45, 2.75) is 39.2 Å². The molecule has 0 spiro atoms. The molecular weight excluding hydrogens is 230 g/mol. The fraction of sp³-hybridized carbons (Fsp3) is 0.500. The fourth-order valence-corrected chi connectivity index (χ4v) is 1.64. The summed E-state index contributed by atoms with van der Waals surface area (Å²) in [6.45, 7) is 5.84. The van der Waals surface area contributed by atoms with Gasteiger partial charge >= 0.3 is 0 Å². The van der Waals surface area contributed by atoms with E-state index in [1.165, 1.54) is 0 Å². The van der Waals surface area contributed by atoms with Crippen molar-refractivity contribution in [1.82, 2.24) is 20.1 Å². The van der Waals surface area contributed by atoms with Crippen LogP contribution >= 0.6 is 0 Å². The molecule has 18 heavy (non-hydrogen) atoms. The third-order valence-corrected chi connectivity index (χ3v) is 2.95. The van der Waals surface area contributed by atoms with Crippen molar-refractivity contribution >= 4 is 0 Å². The van der Waals surface area contributed by atoms with E-state index in [-0.39, 0.29) is 12.0 Å². The molecule has 0 saturated carbocycles. The molecule has 2 heterocycles. The summed E-state index contributed by atoms with van der Waals surface area (Å²) in [7, 11) is 0. The summed E-state index contributed by atoms with van der Waals surface area (Å²) in [5.41, 5.74) is 6.63. The Labute approximate surface area is 106 Å². The Bertz CT molecular complexity index is 525. The zero-order valence-corrected chi connectivity index (χ0v) is 10.8. The molecular formula is C12H17N5O. The van der Waals surface area contributed by atoms with Crippen molar-refractivity contribution in [3.63, 3.8) is 0 Å². The minimum atomic E-state index is 0.0189. The normalized spacial score (nSPS) is 14.4. The molecule has 0 aliphatic carbocycles. The minimum Gasteiger partial charge on any atom is -0.339 e. The molecule has 0 radical (unpaired) electrons. The molecule has 0 aliphatic heterocycles. The molecule has 6 nitrogen and oxygen atoms in total. The van der Waals surface area contributed by atoms with E-state index in [0.717, 1.165) is 6.42 Å². The predicted octanol–water partition coefficient (Wildman–Crippen LogP) is 1.68. The van der Waals surface area contributed by atoms with Crippen LogP contribution in [0, 0.1) is 6.92 Å². The van der Waals surface area contributed by atoms with E-state index in [9.17, 15) is 0 Å². The van der Waals surface area contributed by atoms with Gasteiger partial charge in [0.25, 0.3) is 0 Å². The first kappa shape index (κ1) is 12.6. The second-order valence-corrected chi connectivity index (χ2v) is 4.31. The Morgan fingerprint density at radius 2 is 2.17 bits per heavy atom. The highest BCUT2D eigenvalue weighted by Gasteiger charge is 2.20. The molecule has 2 N–H and O–H groups in total. The first-order chi connectivity index (χ1) is 8.61. The van der Waals surface area contributed by atoms with E-state index < -0.39 is 0 Å². The van der Waals surface area contributed by atoms with Gasteiger partial charge in [0.15, 0.2) is 0 Å². The summed E-state index contributed by atoms with van der Waals surface area (Å²) in [4.78, 5) is 12.6. The molecule has 2 atom stereocenters. The standard InChI is InChI=1S/C12H17N5O/c1-4-9(13)7(2)12-16-11(17-18-12)10-5-6-14-8(3)15-10/h5-7,9H,4,13H2,1-3H3. The predicted molar refractivity (Wildman–Crippen MR) is 66.7 cm³/mol. The monoisotopic (exact) mass is 247 g/mol. The van der Waals surface area contributed by atoms with Crippen molar-refractivity contribution in [2.75, 3.05) is 0 Å². The minimum absolute atomic E-state index is 0.0189. The second kappa shape index (κ2) is 5.22. The van der Waals surface area contributed by atoms with E-state index in [1.807, 2.05) is 20.8 Å². The highest BCUT2D eigenvalue weighted by Crippen LogP contribution is 2.21. The lowest BCUT2D eigenvalue weighted by atomic mass is 10.0. The van der Waals surface area contributed by atoms with Crippen molar-refractivity contribution in [1.29, 1.82) is 0 Å². The van der Waals surface area contributed by atoms with Gasteiger partial charge in [0.1, 0.15) is 11.5 Å². The molecule has 0 bridgehead atoms. The summed E-state index contributed by atoms with van der Waals surface area (Å²) >= 11 is 0. The van der Waals surface area contributed by atoms with Gasteiger partial charge < -0.3 is 10.3 Å². The van der Waals surface area contributed by atoms with Gasteiger partial charge in [-0.3, -0.25) is 0 Å². The summed E-state index contributed by atoms with van der Waals surface area (Å²) in [6.07, 6.45) is 2.54. The summed E-state index contributed by atoms with van der Waals surface area (Å²) in [5.74, 6) is 1.75. The van der Waals surface area contributed by atoms with Gasteiger partial charge in [-0.05, 0) is 19.4 Å². The molecule has 0 fully saturated rings. The molecule has 0 saturated heterocycles. The molecule has 2 unspecified atom stereocenters. The molecule has 2 aromatic heterocycles. The first-order valence-electron chi connectivity index (χ1n) is 6.01. The Balaban J connectivity index is 2.25. The Morgan fingerprint density at radius 1 is 1.39 bits per heavy atom. The lowest BCUT2D eigenvalue weighted by Gasteiger charge is -2.13. The molecule has 2 rings (SSSR count). The van der Waals surface area contributed by atoms with E-state index in [4.69, 9.17) is 10.3 Å². The average molecular weight is 247 g/mol. The van der Waals surface area contributed by atoms with Crippen molar-refractivity contribution in [3.05, 3.63) is 24.0 Å². The highest BCUT2D eigenvalue weighted by molar-refractivity contribution is 5.47. The van der Waals surface area contributed by atoms with Crippen LogP contribution in [0.25, 0.3) is 11.5 Å². The number of hydrogen-bond acceptors (Lipinski definition) is 6. The third kappa shape index (κ3) is 2.53. The fourth-order valence-electron chi connectivity index (χ4n) is 1.64. The number of aryl methyl sites for hydroxylation is 1. The molecule has 2 aromatic rings. The highest BCUT2D eigenvalue weighted by atomic mass is 16.5. The Kier molecular flexibility index (Phi) is 3.66. The zero-order chi connectivity index (χ0) is 13.1. The lowest BCUT2D eigenvalue weighted by Crippen LogP contribution is -2.25. The lowest BCUT2D eigenvalue weighted by molar-refractivity contribution is 0.340. The zero-order valence-electron chi connectivity index (χ0n) is 10.8. The summed E-state index contributed by atoms with van der Waals surface area (Å²) in [5, 5.41) is 3.93. The van der Waals surface area contributed by atoms with Crippen LogP contribution in [0.4, 0.5) is 0 Å². The van der Waals surface area contributed by atoms with E-state index in [2.05, 4.69) is 20.1 Å².